The third-order valence-corrected chi connectivity index (χ3v) is 0.905. The van der Waals surface area contributed by atoms with Crippen LogP contribution in [0.5, 0.6) is 0 Å². The zero-order valence-corrected chi connectivity index (χ0v) is 8.80. The Balaban J connectivity index is -0.0000000282. The van der Waals surface area contributed by atoms with Gasteiger partial charge in [-0.1, -0.05) is 44.6 Å². The molecule has 6 nitrogen and oxygen atoms in total. The maximum Gasteiger partial charge on any atom is 0.334 e. The normalized spacial score (nSPS) is 5.04. The highest BCUT2D eigenvalue weighted by atomic mass is 16.7. The topological polar surface area (TPSA) is 93.1 Å². The number of hydrogen-bond donors (Lipinski definition) is 2. The summed E-state index contributed by atoms with van der Waals surface area (Å²) in [6, 6.07) is 0. The van der Waals surface area contributed by atoms with E-state index in [9.17, 15) is 9.59 Å². The van der Waals surface area contributed by atoms with Crippen LogP contribution in [0.3, 0.4) is 0 Å². The minimum absolute atomic E-state index is 0. The number of carbonyl (C=O) groups excluding carboxylic acids is 2. The molecule has 0 heterocycles. The Morgan fingerprint density at radius 1 is 0.739 bits per heavy atom. The number of aliphatic hydroxyl groups excluding tert-OH is 2. The number of hydrogen-bond acceptors (Lipinski definition) is 6. The summed E-state index contributed by atoms with van der Waals surface area (Å²) in [6.07, 6.45) is 9.39. The van der Waals surface area contributed by atoms with Crippen LogP contribution in [0.25, 0.3) is 0 Å². The Kier molecular flexibility index (Phi) is 92.6. The predicted molar refractivity (Wildman–Crippen MR) is 97.1 cm³/mol. The molecule has 0 aromatic heterocycles. The van der Waals surface area contributed by atoms with Gasteiger partial charge in [0, 0.05) is 0 Å². The number of ether oxygens (including phenoxy) is 2. The summed E-state index contributed by atoms with van der Waals surface area (Å²) in [5.74, 6) is 6.82. The number of carbonyl (C=O) groups is 2. The lowest BCUT2D eigenvalue weighted by molar-refractivity contribution is -0.170. The lowest BCUT2D eigenvalue weighted by atomic mass is 10.6. The molecule has 0 atom stereocenters. The van der Waals surface area contributed by atoms with Gasteiger partial charge in [-0.15, -0.1) is 12.8 Å². The molecule has 0 bridgehead atoms. The SMILES string of the molecule is C.C.C.C.C.C.C#CC#CC#C.O=C(CO)OCOC(=O)CO. The molecule has 0 aromatic rings. The number of aliphatic hydroxyl groups is 2. The minimum Gasteiger partial charge on any atom is -0.426 e. The van der Waals surface area contributed by atoms with E-state index in [1.165, 1.54) is 0 Å². The number of esters is 2. The fraction of sp³-hybridized carbons (Fsp3) is 0.529. The first-order valence-electron chi connectivity index (χ1n) is 4.06. The van der Waals surface area contributed by atoms with Crippen LogP contribution in [0.15, 0.2) is 0 Å². The van der Waals surface area contributed by atoms with E-state index in [1.807, 2.05) is 0 Å². The molecule has 0 amide bonds. The summed E-state index contributed by atoms with van der Waals surface area (Å²) < 4.78 is 8.24. The van der Waals surface area contributed by atoms with Gasteiger partial charge in [0.1, 0.15) is 13.2 Å². The standard InChI is InChI=1S/C6H2.C5H8O6.6CH4/c1-3-5-6-4-2;6-1-4(8)10-3-11-5(9)2-7;;;;;;/h1-2H;6-7H,1-3H2;6*1H4. The van der Waals surface area contributed by atoms with Crippen LogP contribution in [0.1, 0.15) is 44.6 Å². The van der Waals surface area contributed by atoms with E-state index in [0.717, 1.165) is 0 Å². The van der Waals surface area contributed by atoms with Crippen LogP contribution < -0.4 is 0 Å². The summed E-state index contributed by atoms with van der Waals surface area (Å²) in [7, 11) is 0. The highest BCUT2D eigenvalue weighted by Crippen LogP contribution is 1.80. The molecule has 0 aliphatic heterocycles. The van der Waals surface area contributed by atoms with Gasteiger partial charge in [-0.2, -0.15) is 0 Å². The average Bonchev–Trinajstić information content (AvgIpc) is 2.36. The second-order valence-corrected chi connectivity index (χ2v) is 2.01. The second kappa shape index (κ2) is 42.7. The van der Waals surface area contributed by atoms with Gasteiger partial charge in [-0.3, -0.25) is 0 Å². The first-order chi connectivity index (χ1) is 8.12. The molecule has 23 heavy (non-hydrogen) atoms. The Labute approximate surface area is 143 Å². The van der Waals surface area contributed by atoms with E-state index in [2.05, 4.69) is 33.2 Å². The monoisotopic (exact) mass is 334 g/mol. The van der Waals surface area contributed by atoms with E-state index < -0.39 is 31.9 Å². The van der Waals surface area contributed by atoms with Gasteiger partial charge in [-0.25, -0.2) is 9.59 Å². The van der Waals surface area contributed by atoms with Crippen LogP contribution in [-0.4, -0.2) is 42.2 Å². The molecule has 2 N–H and O–H groups in total. The molecule has 0 aliphatic carbocycles. The van der Waals surface area contributed by atoms with Gasteiger partial charge >= 0.3 is 11.9 Å². The zero-order chi connectivity index (χ0) is 13.5. The third-order valence-electron chi connectivity index (χ3n) is 0.905. The van der Waals surface area contributed by atoms with Crippen molar-refractivity contribution in [1.29, 1.82) is 0 Å². The van der Waals surface area contributed by atoms with Crippen LogP contribution in [0.4, 0.5) is 0 Å². The summed E-state index contributed by atoms with van der Waals surface area (Å²) in [4.78, 5) is 20.3. The largest absolute Gasteiger partial charge is 0.426 e. The molecule has 138 valence electrons. The summed E-state index contributed by atoms with van der Waals surface area (Å²) in [5, 5.41) is 16.2. The Morgan fingerprint density at radius 2 is 1.00 bits per heavy atom. The van der Waals surface area contributed by atoms with E-state index in [4.69, 9.17) is 23.1 Å². The Morgan fingerprint density at radius 3 is 1.17 bits per heavy atom. The average molecular weight is 334 g/mol. The molecule has 0 radical (unpaired) electrons. The van der Waals surface area contributed by atoms with Crippen LogP contribution >= 0.6 is 0 Å². The van der Waals surface area contributed by atoms with Crippen molar-refractivity contribution in [3.05, 3.63) is 0 Å². The van der Waals surface area contributed by atoms with Crippen molar-refractivity contribution < 1.29 is 29.3 Å². The molecular formula is C17H34O6. The van der Waals surface area contributed by atoms with E-state index in [0.29, 0.717) is 0 Å². The fourth-order valence-corrected chi connectivity index (χ4v) is 0.324. The third kappa shape index (κ3) is 54.1. The zero-order valence-electron chi connectivity index (χ0n) is 8.80. The quantitative estimate of drug-likeness (QED) is 0.464. The summed E-state index contributed by atoms with van der Waals surface area (Å²) in [5.41, 5.74) is 0. The molecular weight excluding hydrogens is 300 g/mol. The highest BCUT2D eigenvalue weighted by Gasteiger charge is 2.02. The maximum absolute atomic E-state index is 10.2. The highest BCUT2D eigenvalue weighted by molar-refractivity contribution is 5.71. The summed E-state index contributed by atoms with van der Waals surface area (Å²) >= 11 is 0. The van der Waals surface area contributed by atoms with Gasteiger partial charge in [-0.05, 0) is 23.7 Å². The van der Waals surface area contributed by atoms with Crippen molar-refractivity contribution in [2.45, 2.75) is 44.6 Å². The molecule has 0 aromatic carbocycles. The van der Waals surface area contributed by atoms with Gasteiger partial charge in [0.05, 0.1) is 0 Å². The van der Waals surface area contributed by atoms with Crippen molar-refractivity contribution in [1.82, 2.24) is 0 Å². The van der Waals surface area contributed by atoms with Gasteiger partial charge in [0.2, 0.25) is 6.79 Å². The molecule has 0 spiro atoms. The Bertz CT molecular complexity index is 343. The number of terminal acetylenes is 2. The van der Waals surface area contributed by atoms with Crippen molar-refractivity contribution >= 4 is 11.9 Å². The summed E-state index contributed by atoms with van der Waals surface area (Å²) in [6.45, 7) is -2.12. The lowest BCUT2D eigenvalue weighted by Gasteiger charge is -2.02. The smallest absolute Gasteiger partial charge is 0.334 e. The molecule has 0 saturated carbocycles. The van der Waals surface area contributed by atoms with E-state index in [1.54, 1.807) is 0 Å². The first-order valence-corrected chi connectivity index (χ1v) is 4.06. The van der Waals surface area contributed by atoms with Crippen LogP contribution in [0, 0.1) is 36.5 Å². The van der Waals surface area contributed by atoms with Crippen molar-refractivity contribution in [2.75, 3.05) is 20.0 Å². The molecule has 6 heteroatoms. The van der Waals surface area contributed by atoms with Crippen molar-refractivity contribution in [3.63, 3.8) is 0 Å². The minimum atomic E-state index is -0.893. The van der Waals surface area contributed by atoms with Crippen LogP contribution in [-0.2, 0) is 19.1 Å². The molecule has 0 rings (SSSR count). The lowest BCUT2D eigenvalue weighted by Crippen LogP contribution is -2.16. The van der Waals surface area contributed by atoms with Gasteiger partial charge < -0.3 is 19.7 Å². The molecule has 0 aliphatic rings. The van der Waals surface area contributed by atoms with Gasteiger partial charge in [0.25, 0.3) is 0 Å². The number of rotatable bonds is 4. The van der Waals surface area contributed by atoms with E-state index >= 15 is 0 Å². The molecule has 0 unspecified atom stereocenters. The predicted octanol–water partition coefficient (Wildman–Crippen LogP) is 2.09. The van der Waals surface area contributed by atoms with Gasteiger partial charge in [0.15, 0.2) is 0 Å². The molecule has 0 fully saturated rings. The van der Waals surface area contributed by atoms with Crippen molar-refractivity contribution in [3.8, 4) is 36.5 Å². The first kappa shape index (κ1) is 49.9. The fourth-order valence-electron chi connectivity index (χ4n) is 0.324. The van der Waals surface area contributed by atoms with E-state index in [-0.39, 0.29) is 44.6 Å². The molecule has 0 saturated heterocycles. The maximum atomic E-state index is 10.2. The Hall–Kier alpha value is -2.46. The van der Waals surface area contributed by atoms with Crippen LogP contribution in [0.2, 0.25) is 0 Å². The second-order valence-electron chi connectivity index (χ2n) is 2.01. The van der Waals surface area contributed by atoms with Crippen molar-refractivity contribution in [2.24, 2.45) is 0 Å².